The number of likely N-dealkylation sites (N-methyl/N-ethyl adjacent to an activating group) is 1. The summed E-state index contributed by atoms with van der Waals surface area (Å²) < 4.78 is 5.67. The molecule has 6 nitrogen and oxygen atoms in total. The fraction of sp³-hybridized carbons (Fsp3) is 0.579. The molecule has 0 spiro atoms. The van der Waals surface area contributed by atoms with Crippen molar-refractivity contribution in [3.8, 4) is 0 Å². The van der Waals surface area contributed by atoms with Crippen LogP contribution in [0.15, 0.2) is 27.8 Å². The van der Waals surface area contributed by atoms with Gasteiger partial charge in [0, 0.05) is 18.0 Å². The van der Waals surface area contributed by atoms with Crippen LogP contribution in [-0.2, 0) is 6.54 Å². The molecule has 0 saturated carbocycles. The average Bonchev–Trinajstić information content (AvgIpc) is 3.26. The molecule has 2 aromatic rings. The van der Waals surface area contributed by atoms with Crippen LogP contribution in [0.25, 0.3) is 0 Å². The number of thiazole rings is 1. The van der Waals surface area contributed by atoms with E-state index in [1.807, 2.05) is 19.1 Å². The second-order valence-electron chi connectivity index (χ2n) is 6.08. The number of nitrogens with one attached hydrogen (secondary N) is 2. The van der Waals surface area contributed by atoms with Crippen molar-refractivity contribution in [2.75, 3.05) is 26.2 Å². The third kappa shape index (κ3) is 5.57. The van der Waals surface area contributed by atoms with Gasteiger partial charge in [-0.15, -0.1) is 11.3 Å². The first-order valence-corrected chi connectivity index (χ1v) is 10.1. The van der Waals surface area contributed by atoms with Crippen molar-refractivity contribution in [2.24, 2.45) is 4.99 Å². The molecule has 26 heavy (non-hydrogen) atoms. The molecule has 0 amide bonds. The Morgan fingerprint density at radius 3 is 2.58 bits per heavy atom. The quantitative estimate of drug-likeness (QED) is 0.517. The van der Waals surface area contributed by atoms with E-state index in [9.17, 15) is 0 Å². The number of nitrogens with zero attached hydrogens (tertiary/aromatic N) is 3. The van der Waals surface area contributed by atoms with Crippen molar-refractivity contribution >= 4 is 17.3 Å². The fourth-order valence-corrected chi connectivity index (χ4v) is 3.70. The fourth-order valence-electron chi connectivity index (χ4n) is 2.84. The predicted octanol–water partition coefficient (Wildman–Crippen LogP) is 3.49. The Balaban J connectivity index is 2.05. The molecule has 0 aromatic carbocycles. The van der Waals surface area contributed by atoms with Crippen LogP contribution in [0.1, 0.15) is 48.2 Å². The van der Waals surface area contributed by atoms with Gasteiger partial charge < -0.3 is 15.1 Å². The van der Waals surface area contributed by atoms with Crippen molar-refractivity contribution < 1.29 is 4.42 Å². The van der Waals surface area contributed by atoms with Gasteiger partial charge in [0.05, 0.1) is 24.5 Å². The smallest absolute Gasteiger partial charge is 0.191 e. The molecule has 2 aromatic heterocycles. The van der Waals surface area contributed by atoms with E-state index in [4.69, 9.17) is 9.41 Å². The van der Waals surface area contributed by atoms with Gasteiger partial charge in [0.15, 0.2) is 5.96 Å². The van der Waals surface area contributed by atoms with Gasteiger partial charge in [-0.3, -0.25) is 4.90 Å². The Labute approximate surface area is 160 Å². The molecular weight excluding hydrogens is 346 g/mol. The first-order chi connectivity index (χ1) is 12.6. The zero-order chi connectivity index (χ0) is 18.9. The van der Waals surface area contributed by atoms with E-state index in [1.54, 1.807) is 17.6 Å². The van der Waals surface area contributed by atoms with E-state index in [1.165, 1.54) is 4.88 Å². The molecule has 0 aliphatic carbocycles. The summed E-state index contributed by atoms with van der Waals surface area (Å²) in [7, 11) is 0. The minimum atomic E-state index is 0.174. The molecule has 2 N–H and O–H groups in total. The van der Waals surface area contributed by atoms with Crippen LogP contribution in [0.4, 0.5) is 0 Å². The van der Waals surface area contributed by atoms with Crippen molar-refractivity contribution in [1.82, 2.24) is 20.5 Å². The van der Waals surface area contributed by atoms with Crippen LogP contribution in [0.5, 0.6) is 0 Å². The summed E-state index contributed by atoms with van der Waals surface area (Å²) in [5.74, 6) is 1.78. The maximum atomic E-state index is 5.67. The number of aryl methyl sites for hydroxylation is 2. The van der Waals surface area contributed by atoms with Crippen molar-refractivity contribution in [1.29, 1.82) is 0 Å². The van der Waals surface area contributed by atoms with Gasteiger partial charge in [-0.2, -0.15) is 0 Å². The molecule has 0 bridgehead atoms. The number of aliphatic imine (C=N–C) groups is 1. The summed E-state index contributed by atoms with van der Waals surface area (Å²) in [4.78, 5) is 12.9. The molecule has 2 heterocycles. The van der Waals surface area contributed by atoms with Gasteiger partial charge in [0.2, 0.25) is 0 Å². The lowest BCUT2D eigenvalue weighted by Crippen LogP contribution is -2.43. The summed E-state index contributed by atoms with van der Waals surface area (Å²) in [6, 6.07) is 4.15. The Morgan fingerprint density at radius 1 is 1.27 bits per heavy atom. The monoisotopic (exact) mass is 377 g/mol. The summed E-state index contributed by atoms with van der Waals surface area (Å²) in [6.45, 7) is 14.6. The number of rotatable bonds is 9. The lowest BCUT2D eigenvalue weighted by atomic mass is 10.2. The summed E-state index contributed by atoms with van der Waals surface area (Å²) >= 11 is 1.71. The van der Waals surface area contributed by atoms with E-state index in [2.05, 4.69) is 48.2 Å². The standard InChI is InChI=1S/C19H31N5OS/c1-6-20-19(22-13-18-23-14(4)15(5)26-18)21-12-16(24(7-2)8-3)17-10-9-11-25-17/h9-11,16H,6-8,12-13H2,1-5H3,(H2,20,21,22). The number of furan rings is 1. The zero-order valence-corrected chi connectivity index (χ0v) is 17.3. The molecule has 2 rings (SSSR count). The number of guanidine groups is 1. The maximum absolute atomic E-state index is 5.67. The third-order valence-corrected chi connectivity index (χ3v) is 5.43. The van der Waals surface area contributed by atoms with Gasteiger partial charge in [-0.05, 0) is 46.0 Å². The molecule has 1 atom stereocenters. The van der Waals surface area contributed by atoms with Crippen LogP contribution < -0.4 is 10.6 Å². The van der Waals surface area contributed by atoms with E-state index >= 15 is 0 Å². The van der Waals surface area contributed by atoms with E-state index < -0.39 is 0 Å². The first-order valence-electron chi connectivity index (χ1n) is 9.31. The summed E-state index contributed by atoms with van der Waals surface area (Å²) in [5.41, 5.74) is 1.09. The van der Waals surface area contributed by atoms with Crippen LogP contribution in [0.3, 0.4) is 0 Å². The van der Waals surface area contributed by atoms with Crippen LogP contribution >= 0.6 is 11.3 Å². The zero-order valence-electron chi connectivity index (χ0n) is 16.5. The highest BCUT2D eigenvalue weighted by Gasteiger charge is 2.20. The molecule has 1 unspecified atom stereocenters. The van der Waals surface area contributed by atoms with Crippen LogP contribution in [-0.4, -0.2) is 42.0 Å². The van der Waals surface area contributed by atoms with Crippen molar-refractivity contribution in [3.63, 3.8) is 0 Å². The highest BCUT2D eigenvalue weighted by molar-refractivity contribution is 7.11. The molecule has 0 fully saturated rings. The van der Waals surface area contributed by atoms with Crippen molar-refractivity contribution in [3.05, 3.63) is 39.7 Å². The maximum Gasteiger partial charge on any atom is 0.191 e. The minimum Gasteiger partial charge on any atom is -0.468 e. The van der Waals surface area contributed by atoms with Crippen LogP contribution in [0, 0.1) is 13.8 Å². The van der Waals surface area contributed by atoms with E-state index in [0.29, 0.717) is 6.54 Å². The number of hydrogen-bond acceptors (Lipinski definition) is 5. The van der Waals surface area contributed by atoms with Gasteiger partial charge in [0.1, 0.15) is 10.8 Å². The Hall–Kier alpha value is -1.86. The van der Waals surface area contributed by atoms with Gasteiger partial charge in [-0.25, -0.2) is 9.98 Å². The molecule has 0 aliphatic rings. The van der Waals surface area contributed by atoms with Gasteiger partial charge in [0.25, 0.3) is 0 Å². The normalized spacial score (nSPS) is 13.2. The number of aromatic nitrogens is 1. The Kier molecular flexibility index (Phi) is 8.12. The largest absolute Gasteiger partial charge is 0.468 e. The topological polar surface area (TPSA) is 65.7 Å². The first kappa shape index (κ1) is 20.5. The number of hydrogen-bond donors (Lipinski definition) is 2. The lowest BCUT2D eigenvalue weighted by molar-refractivity contribution is 0.193. The van der Waals surface area contributed by atoms with E-state index in [-0.39, 0.29) is 6.04 Å². The molecular formula is C19H31N5OS. The molecule has 0 radical (unpaired) electrons. The highest BCUT2D eigenvalue weighted by Crippen LogP contribution is 2.20. The molecule has 0 aliphatic heterocycles. The third-order valence-electron chi connectivity index (χ3n) is 4.38. The predicted molar refractivity (Wildman–Crippen MR) is 109 cm³/mol. The van der Waals surface area contributed by atoms with Crippen LogP contribution in [0.2, 0.25) is 0 Å². The second-order valence-corrected chi connectivity index (χ2v) is 7.37. The highest BCUT2D eigenvalue weighted by atomic mass is 32.1. The second kappa shape index (κ2) is 10.3. The Bertz CT molecular complexity index is 657. The molecule has 144 valence electrons. The van der Waals surface area contributed by atoms with Gasteiger partial charge in [-0.1, -0.05) is 13.8 Å². The van der Waals surface area contributed by atoms with Crippen molar-refractivity contribution in [2.45, 2.75) is 47.2 Å². The summed E-state index contributed by atoms with van der Waals surface area (Å²) in [6.07, 6.45) is 1.73. The molecule has 7 heteroatoms. The van der Waals surface area contributed by atoms with Gasteiger partial charge >= 0.3 is 0 Å². The average molecular weight is 378 g/mol. The SMILES string of the molecule is CCNC(=NCc1nc(C)c(C)s1)NCC(c1ccco1)N(CC)CC. The van der Waals surface area contributed by atoms with E-state index in [0.717, 1.165) is 48.6 Å². The summed E-state index contributed by atoms with van der Waals surface area (Å²) in [5, 5.41) is 7.83. The minimum absolute atomic E-state index is 0.174. The molecule has 0 saturated heterocycles. The Morgan fingerprint density at radius 2 is 2.04 bits per heavy atom. The lowest BCUT2D eigenvalue weighted by Gasteiger charge is -2.28.